The minimum atomic E-state index is -3.40. The van der Waals surface area contributed by atoms with Gasteiger partial charge in [0.25, 0.3) is 10.2 Å². The van der Waals surface area contributed by atoms with E-state index in [1.807, 2.05) is 24.3 Å². The molecule has 2 rings (SSSR count). The van der Waals surface area contributed by atoms with Gasteiger partial charge in [-0.15, -0.1) is 0 Å². The van der Waals surface area contributed by atoms with E-state index >= 15 is 0 Å². The molecule has 1 aliphatic rings. The minimum Gasteiger partial charge on any atom is -0.340 e. The summed E-state index contributed by atoms with van der Waals surface area (Å²) in [6, 6.07) is 7.44. The van der Waals surface area contributed by atoms with E-state index in [9.17, 15) is 13.2 Å². The van der Waals surface area contributed by atoms with Gasteiger partial charge in [-0.3, -0.25) is 4.79 Å². The average molecular weight is 346 g/mol. The Morgan fingerprint density at radius 3 is 2.32 bits per heavy atom. The van der Waals surface area contributed by atoms with Crippen molar-refractivity contribution < 1.29 is 13.2 Å². The summed E-state index contributed by atoms with van der Waals surface area (Å²) in [7, 11) is -2.01. The Morgan fingerprint density at radius 2 is 1.77 bits per heavy atom. The second-order valence-electron chi connectivity index (χ2n) is 5.12. The number of aryl methyl sites for hydroxylation is 1. The fourth-order valence-electron chi connectivity index (χ4n) is 2.37. The van der Waals surface area contributed by atoms with Crippen molar-refractivity contribution in [3.05, 3.63) is 34.9 Å². The molecule has 1 saturated heterocycles. The van der Waals surface area contributed by atoms with Crippen LogP contribution in [0.2, 0.25) is 5.02 Å². The Morgan fingerprint density at radius 1 is 1.18 bits per heavy atom. The number of halogens is 1. The van der Waals surface area contributed by atoms with Gasteiger partial charge in [0, 0.05) is 44.7 Å². The summed E-state index contributed by atoms with van der Waals surface area (Å²) in [6.45, 7) is 1.52. The van der Waals surface area contributed by atoms with Gasteiger partial charge >= 0.3 is 0 Å². The molecule has 0 spiro atoms. The highest BCUT2D eigenvalue weighted by Gasteiger charge is 2.27. The van der Waals surface area contributed by atoms with Crippen molar-refractivity contribution in [3.8, 4) is 0 Å². The van der Waals surface area contributed by atoms with Crippen LogP contribution >= 0.6 is 11.6 Å². The molecule has 0 aliphatic carbocycles. The smallest absolute Gasteiger partial charge is 0.279 e. The van der Waals surface area contributed by atoms with Crippen LogP contribution in [0.15, 0.2) is 24.3 Å². The van der Waals surface area contributed by atoms with Gasteiger partial charge in [-0.2, -0.15) is 12.7 Å². The third-order valence-corrected chi connectivity index (χ3v) is 5.54. The minimum absolute atomic E-state index is 0.0523. The van der Waals surface area contributed by atoms with E-state index in [0.29, 0.717) is 44.0 Å². The van der Waals surface area contributed by atoms with Crippen molar-refractivity contribution in [2.45, 2.75) is 12.8 Å². The Labute approximate surface area is 136 Å². The first-order valence-corrected chi connectivity index (χ1v) is 8.95. The maximum absolute atomic E-state index is 12.2. The van der Waals surface area contributed by atoms with Crippen LogP contribution in [0.25, 0.3) is 0 Å². The molecule has 1 aromatic rings. The summed E-state index contributed by atoms with van der Waals surface area (Å²) in [4.78, 5) is 13.9. The second-order valence-corrected chi connectivity index (χ2v) is 7.43. The molecule has 22 heavy (non-hydrogen) atoms. The third-order valence-electron chi connectivity index (χ3n) is 3.73. The topological polar surface area (TPSA) is 69.7 Å². The summed E-state index contributed by atoms with van der Waals surface area (Å²) < 4.78 is 27.0. The Hall–Kier alpha value is -1.15. The molecule has 0 radical (unpaired) electrons. The highest BCUT2D eigenvalue weighted by Crippen LogP contribution is 2.12. The number of hydrogen-bond acceptors (Lipinski definition) is 3. The molecular weight excluding hydrogens is 326 g/mol. The largest absolute Gasteiger partial charge is 0.340 e. The predicted molar refractivity (Wildman–Crippen MR) is 85.9 cm³/mol. The fraction of sp³-hybridized carbons (Fsp3) is 0.500. The second kappa shape index (κ2) is 7.41. The van der Waals surface area contributed by atoms with Crippen molar-refractivity contribution in [2.75, 3.05) is 33.2 Å². The number of nitrogens with one attached hydrogen (secondary N) is 1. The van der Waals surface area contributed by atoms with Gasteiger partial charge in [-0.1, -0.05) is 23.7 Å². The Balaban J connectivity index is 1.81. The zero-order valence-electron chi connectivity index (χ0n) is 12.5. The van der Waals surface area contributed by atoms with Crippen LogP contribution in [0.1, 0.15) is 12.0 Å². The Kier molecular flexibility index (Phi) is 5.80. The SMILES string of the molecule is CNS(=O)(=O)N1CCN(C(=O)CCc2ccc(Cl)cc2)CC1. The number of benzene rings is 1. The predicted octanol–water partition coefficient (Wildman–Crippen LogP) is 0.881. The summed E-state index contributed by atoms with van der Waals surface area (Å²) in [5.41, 5.74) is 1.06. The quantitative estimate of drug-likeness (QED) is 0.861. The first-order chi connectivity index (χ1) is 10.4. The molecule has 1 N–H and O–H groups in total. The van der Waals surface area contributed by atoms with Crippen LogP contribution in [-0.2, 0) is 21.4 Å². The van der Waals surface area contributed by atoms with Crippen molar-refractivity contribution in [1.82, 2.24) is 13.9 Å². The van der Waals surface area contributed by atoms with Crippen LogP contribution in [0.3, 0.4) is 0 Å². The van der Waals surface area contributed by atoms with Gasteiger partial charge in [0.15, 0.2) is 0 Å². The van der Waals surface area contributed by atoms with Gasteiger partial charge in [0.2, 0.25) is 5.91 Å². The van der Waals surface area contributed by atoms with Crippen molar-refractivity contribution in [1.29, 1.82) is 0 Å². The van der Waals surface area contributed by atoms with E-state index in [0.717, 1.165) is 5.56 Å². The van der Waals surface area contributed by atoms with Gasteiger partial charge in [0.1, 0.15) is 0 Å². The molecule has 1 amide bonds. The lowest BCUT2D eigenvalue weighted by atomic mass is 10.1. The molecule has 0 saturated carbocycles. The van der Waals surface area contributed by atoms with Gasteiger partial charge in [-0.05, 0) is 24.1 Å². The molecule has 1 fully saturated rings. The highest BCUT2D eigenvalue weighted by molar-refractivity contribution is 7.87. The normalized spacial score (nSPS) is 16.7. The van der Waals surface area contributed by atoms with Crippen molar-refractivity contribution >= 4 is 27.7 Å². The molecule has 8 heteroatoms. The molecule has 0 bridgehead atoms. The molecule has 1 heterocycles. The molecule has 0 atom stereocenters. The summed E-state index contributed by atoms with van der Waals surface area (Å²) >= 11 is 5.82. The molecule has 122 valence electrons. The monoisotopic (exact) mass is 345 g/mol. The third kappa shape index (κ3) is 4.42. The lowest BCUT2D eigenvalue weighted by Gasteiger charge is -2.33. The number of carbonyl (C=O) groups is 1. The van der Waals surface area contributed by atoms with Crippen molar-refractivity contribution in [3.63, 3.8) is 0 Å². The fourth-order valence-corrected chi connectivity index (χ4v) is 3.40. The van der Waals surface area contributed by atoms with Crippen LogP contribution in [0.4, 0.5) is 0 Å². The highest BCUT2D eigenvalue weighted by atomic mass is 35.5. The summed E-state index contributed by atoms with van der Waals surface area (Å²) in [5.74, 6) is 0.0523. The maximum Gasteiger partial charge on any atom is 0.279 e. The number of piperazine rings is 1. The van der Waals surface area contributed by atoms with E-state index < -0.39 is 10.2 Å². The standard InChI is InChI=1S/C14H20ClN3O3S/c1-16-22(20,21)18-10-8-17(9-11-18)14(19)7-4-12-2-5-13(15)6-3-12/h2-3,5-6,16H,4,7-11H2,1H3. The Bertz CT molecular complexity index is 611. The first-order valence-electron chi connectivity index (χ1n) is 7.13. The van der Waals surface area contributed by atoms with Crippen molar-refractivity contribution in [2.24, 2.45) is 0 Å². The maximum atomic E-state index is 12.2. The number of amides is 1. The molecular formula is C14H20ClN3O3S. The zero-order valence-corrected chi connectivity index (χ0v) is 14.0. The molecule has 6 nitrogen and oxygen atoms in total. The number of rotatable bonds is 5. The van der Waals surface area contributed by atoms with E-state index in [1.165, 1.54) is 11.4 Å². The molecule has 0 unspecified atom stereocenters. The van der Waals surface area contributed by atoms with Crippen LogP contribution in [0.5, 0.6) is 0 Å². The van der Waals surface area contributed by atoms with Crippen LogP contribution in [0, 0.1) is 0 Å². The zero-order chi connectivity index (χ0) is 16.2. The van der Waals surface area contributed by atoms with Crippen LogP contribution in [-0.4, -0.2) is 56.8 Å². The van der Waals surface area contributed by atoms with E-state index in [1.54, 1.807) is 4.90 Å². The van der Waals surface area contributed by atoms with E-state index in [4.69, 9.17) is 11.6 Å². The number of nitrogens with zero attached hydrogens (tertiary/aromatic N) is 2. The van der Waals surface area contributed by atoms with Gasteiger partial charge < -0.3 is 4.90 Å². The van der Waals surface area contributed by atoms with E-state index in [-0.39, 0.29) is 5.91 Å². The lowest BCUT2D eigenvalue weighted by molar-refractivity contribution is -0.132. The first kappa shape index (κ1) is 17.2. The summed E-state index contributed by atoms with van der Waals surface area (Å²) in [5, 5.41) is 0.678. The molecule has 1 aromatic carbocycles. The van der Waals surface area contributed by atoms with Gasteiger partial charge in [-0.25, -0.2) is 4.72 Å². The lowest BCUT2D eigenvalue weighted by Crippen LogP contribution is -2.52. The van der Waals surface area contributed by atoms with Crippen LogP contribution < -0.4 is 4.72 Å². The number of hydrogen-bond donors (Lipinski definition) is 1. The average Bonchev–Trinajstić information content (AvgIpc) is 2.54. The van der Waals surface area contributed by atoms with Gasteiger partial charge in [0.05, 0.1) is 0 Å². The molecule has 1 aliphatic heterocycles. The van der Waals surface area contributed by atoms with E-state index in [2.05, 4.69) is 4.72 Å². The summed E-state index contributed by atoms with van der Waals surface area (Å²) in [6.07, 6.45) is 1.07. The number of carbonyl (C=O) groups excluding carboxylic acids is 1. The molecule has 0 aromatic heterocycles.